The fourth-order valence-electron chi connectivity index (χ4n) is 5.02. The zero-order valence-electron chi connectivity index (χ0n) is 22.7. The number of nitrogens with zero attached hydrogens (tertiary/aromatic N) is 6. The van der Waals surface area contributed by atoms with Crippen molar-refractivity contribution in [3.63, 3.8) is 0 Å². The molecule has 1 atom stereocenters. The lowest BCUT2D eigenvalue weighted by molar-refractivity contribution is -0.128. The Balaban J connectivity index is 1.51. The van der Waals surface area contributed by atoms with Crippen LogP contribution in [0.15, 0.2) is 77.4 Å². The second kappa shape index (κ2) is 10.7. The number of likely N-dealkylation sites (tertiary alicyclic amines) is 1. The van der Waals surface area contributed by atoms with E-state index in [4.69, 9.17) is 10.5 Å². The number of carbonyl (C=O) groups is 1. The lowest BCUT2D eigenvalue weighted by Crippen LogP contribution is -2.43. The third kappa shape index (κ3) is 5.31. The molecule has 3 heterocycles. The summed E-state index contributed by atoms with van der Waals surface area (Å²) in [7, 11) is 0. The smallest absolute Gasteiger partial charge is 0.335 e. The number of nitrogen functional groups attached to an aromatic ring is 1. The number of amides is 1. The van der Waals surface area contributed by atoms with Crippen LogP contribution in [0.3, 0.4) is 0 Å². The van der Waals surface area contributed by atoms with Gasteiger partial charge in [0.05, 0.1) is 11.7 Å². The van der Waals surface area contributed by atoms with E-state index in [-0.39, 0.29) is 41.0 Å². The summed E-state index contributed by atoms with van der Waals surface area (Å²) in [5, 5.41) is 9.66. The Hall–Kier alpha value is -4.91. The molecule has 1 saturated heterocycles. The topological polar surface area (TPSA) is 132 Å². The van der Waals surface area contributed by atoms with Gasteiger partial charge in [0.25, 0.3) is 5.91 Å². The third-order valence-corrected chi connectivity index (χ3v) is 6.73. The summed E-state index contributed by atoms with van der Waals surface area (Å²) < 4.78 is 8.99. The number of hydrogen-bond donors (Lipinski definition) is 1. The summed E-state index contributed by atoms with van der Waals surface area (Å²) >= 11 is 0. The molecular weight excluding hydrogens is 506 g/mol. The number of fused-ring (bicyclic) bond motifs is 1. The van der Waals surface area contributed by atoms with Gasteiger partial charge in [0, 0.05) is 13.1 Å². The van der Waals surface area contributed by atoms with Gasteiger partial charge in [0.1, 0.15) is 35.0 Å². The van der Waals surface area contributed by atoms with E-state index in [0.717, 1.165) is 0 Å². The highest BCUT2D eigenvalue weighted by Gasteiger charge is 2.31. The van der Waals surface area contributed by atoms with E-state index in [1.807, 2.05) is 51.1 Å². The molecule has 0 bridgehead atoms. The molecule has 1 aliphatic heterocycles. The fourth-order valence-corrected chi connectivity index (χ4v) is 5.02. The number of ether oxygens (including phenoxy) is 1. The average Bonchev–Trinajstić information content (AvgIpc) is 3.25. The molecule has 5 rings (SSSR count). The molecule has 1 fully saturated rings. The number of piperidine rings is 1. The zero-order chi connectivity index (χ0) is 28.4. The van der Waals surface area contributed by atoms with E-state index in [1.54, 1.807) is 39.8 Å². The van der Waals surface area contributed by atoms with Gasteiger partial charge in [-0.15, -0.1) is 0 Å². The van der Waals surface area contributed by atoms with E-state index in [2.05, 4.69) is 16.0 Å². The Labute approximate surface area is 231 Å². The number of carbonyl (C=O) groups excluding carboxylic acids is 1. The van der Waals surface area contributed by atoms with Crippen molar-refractivity contribution in [3.8, 4) is 23.3 Å². The molecule has 0 aliphatic carbocycles. The van der Waals surface area contributed by atoms with Crippen molar-refractivity contribution in [1.82, 2.24) is 24.0 Å². The predicted octanol–water partition coefficient (Wildman–Crippen LogP) is 4.62. The van der Waals surface area contributed by atoms with Gasteiger partial charge in [-0.1, -0.05) is 45.0 Å². The van der Waals surface area contributed by atoms with Gasteiger partial charge in [0.2, 0.25) is 0 Å². The molecule has 2 aromatic carbocycles. The first-order chi connectivity index (χ1) is 19.2. The quantitative estimate of drug-likeness (QED) is 0.290. The maximum Gasteiger partial charge on any atom is 0.335 e. The minimum Gasteiger partial charge on any atom is -0.457 e. The summed E-state index contributed by atoms with van der Waals surface area (Å²) in [6, 6.07) is 18.3. The van der Waals surface area contributed by atoms with Crippen molar-refractivity contribution < 1.29 is 9.53 Å². The van der Waals surface area contributed by atoms with Crippen molar-refractivity contribution in [3.05, 3.63) is 83.1 Å². The van der Waals surface area contributed by atoms with Gasteiger partial charge in [-0.25, -0.2) is 14.8 Å². The largest absolute Gasteiger partial charge is 0.457 e. The van der Waals surface area contributed by atoms with Crippen LogP contribution in [0.2, 0.25) is 0 Å². The molecule has 204 valence electrons. The summed E-state index contributed by atoms with van der Waals surface area (Å²) in [4.78, 5) is 37.4. The molecule has 2 aromatic heterocycles. The Morgan fingerprint density at radius 3 is 2.48 bits per heavy atom. The standard InChI is InChI=1S/C30H31N7O3/c1-30(2,3)16-20(17-31)28(38)35-15-7-8-22(18-35)37-27-25(26(32)33-19-34-27)36(29(37)39)21-11-13-24(14-12-21)40-23-9-5-4-6-10-23/h4-6,9-14,16,19,22H,7-8,15,18H2,1-3H3,(H2,32,33,34)/b20-16-/t22-/m0/s1. The zero-order valence-corrected chi connectivity index (χ0v) is 22.7. The van der Waals surface area contributed by atoms with Crippen molar-refractivity contribution >= 4 is 22.9 Å². The van der Waals surface area contributed by atoms with E-state index in [1.165, 1.54) is 10.9 Å². The van der Waals surface area contributed by atoms with Gasteiger partial charge in [-0.2, -0.15) is 5.26 Å². The van der Waals surface area contributed by atoms with E-state index < -0.39 is 0 Å². The Bertz CT molecular complexity index is 1670. The second-order valence-corrected chi connectivity index (χ2v) is 10.9. The van der Waals surface area contributed by atoms with Crippen molar-refractivity contribution in [2.45, 2.75) is 39.7 Å². The number of nitrogens with two attached hydrogens (primary N) is 1. The highest BCUT2D eigenvalue weighted by atomic mass is 16.5. The van der Waals surface area contributed by atoms with Gasteiger partial charge in [0.15, 0.2) is 11.5 Å². The lowest BCUT2D eigenvalue weighted by atomic mass is 9.93. The number of nitriles is 1. The number of imidazole rings is 1. The maximum absolute atomic E-state index is 14.0. The summed E-state index contributed by atoms with van der Waals surface area (Å²) in [6.07, 6.45) is 4.37. The second-order valence-electron chi connectivity index (χ2n) is 10.9. The highest BCUT2D eigenvalue weighted by molar-refractivity contribution is 5.97. The van der Waals surface area contributed by atoms with Crippen LogP contribution in [0.25, 0.3) is 16.9 Å². The number of hydrogen-bond acceptors (Lipinski definition) is 7. The van der Waals surface area contributed by atoms with E-state index in [9.17, 15) is 14.9 Å². The number of aromatic nitrogens is 4. The number of benzene rings is 2. The molecule has 4 aromatic rings. The van der Waals surface area contributed by atoms with Crippen LogP contribution < -0.4 is 16.2 Å². The van der Waals surface area contributed by atoms with Crippen molar-refractivity contribution in [1.29, 1.82) is 5.26 Å². The van der Waals surface area contributed by atoms with Crippen LogP contribution in [0.5, 0.6) is 11.5 Å². The number of para-hydroxylation sites is 1. The highest BCUT2D eigenvalue weighted by Crippen LogP contribution is 2.29. The first-order valence-corrected chi connectivity index (χ1v) is 13.2. The van der Waals surface area contributed by atoms with Crippen LogP contribution in [0.4, 0.5) is 5.82 Å². The van der Waals surface area contributed by atoms with Gasteiger partial charge in [-0.05, 0) is 54.7 Å². The normalized spacial score (nSPS) is 16.1. The molecule has 0 radical (unpaired) electrons. The Morgan fingerprint density at radius 1 is 1.10 bits per heavy atom. The summed E-state index contributed by atoms with van der Waals surface area (Å²) in [5.74, 6) is 1.17. The van der Waals surface area contributed by atoms with E-state index >= 15 is 0 Å². The molecule has 40 heavy (non-hydrogen) atoms. The monoisotopic (exact) mass is 537 g/mol. The molecule has 10 heteroatoms. The Kier molecular flexibility index (Phi) is 7.13. The SMILES string of the molecule is CC(C)(C)/C=C(/C#N)C(=O)N1CCC[C@H](n2c(=O)n(-c3ccc(Oc4ccccc4)cc3)c3c(N)ncnc32)C1. The van der Waals surface area contributed by atoms with Crippen LogP contribution in [-0.4, -0.2) is 43.0 Å². The van der Waals surface area contributed by atoms with Gasteiger partial charge >= 0.3 is 5.69 Å². The van der Waals surface area contributed by atoms with Gasteiger partial charge in [-0.3, -0.25) is 13.9 Å². The minimum absolute atomic E-state index is 0.104. The molecule has 0 unspecified atom stereocenters. The molecule has 1 amide bonds. The lowest BCUT2D eigenvalue weighted by Gasteiger charge is -2.33. The minimum atomic E-state index is -0.349. The first-order valence-electron chi connectivity index (χ1n) is 13.2. The number of allylic oxidation sites excluding steroid dienone is 1. The Morgan fingerprint density at radius 2 is 1.80 bits per heavy atom. The number of rotatable bonds is 5. The van der Waals surface area contributed by atoms with Crippen molar-refractivity contribution in [2.24, 2.45) is 5.41 Å². The van der Waals surface area contributed by atoms with Crippen LogP contribution >= 0.6 is 0 Å². The third-order valence-electron chi connectivity index (χ3n) is 6.73. The number of anilines is 1. The fraction of sp³-hybridized carbons (Fsp3) is 0.300. The molecule has 1 aliphatic rings. The summed E-state index contributed by atoms with van der Waals surface area (Å²) in [5.41, 5.74) is 7.10. The first kappa shape index (κ1) is 26.7. The van der Waals surface area contributed by atoms with Crippen LogP contribution in [0.1, 0.15) is 39.7 Å². The average molecular weight is 538 g/mol. The van der Waals surface area contributed by atoms with Crippen LogP contribution in [0, 0.1) is 16.7 Å². The predicted molar refractivity (Wildman–Crippen MR) is 152 cm³/mol. The molecule has 0 spiro atoms. The molecular formula is C30H31N7O3. The van der Waals surface area contributed by atoms with Crippen LogP contribution in [-0.2, 0) is 4.79 Å². The summed E-state index contributed by atoms with van der Waals surface area (Å²) in [6.45, 7) is 6.60. The van der Waals surface area contributed by atoms with Gasteiger partial charge < -0.3 is 15.4 Å². The van der Waals surface area contributed by atoms with E-state index in [0.29, 0.717) is 47.7 Å². The molecule has 0 saturated carbocycles. The van der Waals surface area contributed by atoms with Crippen molar-refractivity contribution in [2.75, 3.05) is 18.8 Å². The molecule has 10 nitrogen and oxygen atoms in total. The maximum atomic E-state index is 14.0. The molecule has 2 N–H and O–H groups in total.